The van der Waals surface area contributed by atoms with Gasteiger partial charge in [0.25, 0.3) is 0 Å². The summed E-state index contributed by atoms with van der Waals surface area (Å²) < 4.78 is 0. The number of halogens is 2. The Bertz CT molecular complexity index is 345. The SMILES string of the molecule is CC(C)(N)CCNCc1ccc(Cl)c(Cl)c1. The summed E-state index contributed by atoms with van der Waals surface area (Å²) in [6.45, 7) is 5.72. The van der Waals surface area contributed by atoms with Gasteiger partial charge in [0.05, 0.1) is 10.0 Å². The Morgan fingerprint density at radius 1 is 1.25 bits per heavy atom. The van der Waals surface area contributed by atoms with E-state index in [1.807, 2.05) is 32.0 Å². The second kappa shape index (κ2) is 5.87. The standard InChI is InChI=1S/C12H18Cl2N2/c1-12(2,15)5-6-16-8-9-3-4-10(13)11(14)7-9/h3-4,7,16H,5-6,8,15H2,1-2H3. The Morgan fingerprint density at radius 2 is 1.94 bits per heavy atom. The topological polar surface area (TPSA) is 38.0 Å². The molecule has 1 aromatic rings. The summed E-state index contributed by atoms with van der Waals surface area (Å²) in [4.78, 5) is 0. The van der Waals surface area contributed by atoms with Gasteiger partial charge in [-0.3, -0.25) is 0 Å². The number of hydrogen-bond acceptors (Lipinski definition) is 2. The van der Waals surface area contributed by atoms with E-state index in [1.54, 1.807) is 0 Å². The van der Waals surface area contributed by atoms with Crippen molar-refractivity contribution in [2.45, 2.75) is 32.4 Å². The Morgan fingerprint density at radius 3 is 2.50 bits per heavy atom. The number of nitrogens with two attached hydrogens (primary N) is 1. The molecule has 0 aliphatic heterocycles. The lowest BCUT2D eigenvalue weighted by molar-refractivity contribution is 0.455. The average Bonchev–Trinajstić information content (AvgIpc) is 2.17. The highest BCUT2D eigenvalue weighted by atomic mass is 35.5. The first-order valence-corrected chi connectivity index (χ1v) is 6.07. The summed E-state index contributed by atoms with van der Waals surface area (Å²) in [6, 6.07) is 5.66. The molecule has 0 spiro atoms. The van der Waals surface area contributed by atoms with Crippen LogP contribution in [0, 0.1) is 0 Å². The number of rotatable bonds is 5. The van der Waals surface area contributed by atoms with Crippen molar-refractivity contribution in [2.24, 2.45) is 5.73 Å². The molecule has 0 saturated heterocycles. The zero-order chi connectivity index (χ0) is 12.2. The van der Waals surface area contributed by atoms with E-state index in [0.29, 0.717) is 10.0 Å². The zero-order valence-electron chi connectivity index (χ0n) is 9.69. The van der Waals surface area contributed by atoms with Crippen LogP contribution in [0.1, 0.15) is 25.8 Å². The Labute approximate surface area is 107 Å². The average molecular weight is 261 g/mol. The molecule has 3 N–H and O–H groups in total. The molecular formula is C12H18Cl2N2. The van der Waals surface area contributed by atoms with Crippen LogP contribution < -0.4 is 11.1 Å². The van der Waals surface area contributed by atoms with Gasteiger partial charge in [-0.2, -0.15) is 0 Å². The van der Waals surface area contributed by atoms with Gasteiger partial charge in [0.1, 0.15) is 0 Å². The summed E-state index contributed by atoms with van der Waals surface area (Å²) in [5.41, 5.74) is 6.89. The van der Waals surface area contributed by atoms with Crippen molar-refractivity contribution < 1.29 is 0 Å². The van der Waals surface area contributed by atoms with E-state index < -0.39 is 0 Å². The van der Waals surface area contributed by atoms with Crippen LogP contribution in [0.25, 0.3) is 0 Å². The van der Waals surface area contributed by atoms with Crippen molar-refractivity contribution in [1.29, 1.82) is 0 Å². The molecule has 0 fully saturated rings. The van der Waals surface area contributed by atoms with Crippen LogP contribution in [0.3, 0.4) is 0 Å². The van der Waals surface area contributed by atoms with E-state index in [9.17, 15) is 0 Å². The van der Waals surface area contributed by atoms with Crippen molar-refractivity contribution >= 4 is 23.2 Å². The van der Waals surface area contributed by atoms with Crippen LogP contribution >= 0.6 is 23.2 Å². The third-order valence-corrected chi connectivity index (χ3v) is 3.00. The molecule has 0 saturated carbocycles. The molecule has 90 valence electrons. The molecule has 0 aliphatic carbocycles. The molecule has 0 heterocycles. The van der Waals surface area contributed by atoms with Crippen molar-refractivity contribution in [1.82, 2.24) is 5.32 Å². The summed E-state index contributed by atoms with van der Waals surface area (Å²) in [6.07, 6.45) is 0.939. The summed E-state index contributed by atoms with van der Waals surface area (Å²) in [7, 11) is 0. The molecule has 0 radical (unpaired) electrons. The van der Waals surface area contributed by atoms with Gasteiger partial charge in [0, 0.05) is 12.1 Å². The van der Waals surface area contributed by atoms with E-state index in [-0.39, 0.29) is 5.54 Å². The molecule has 0 atom stereocenters. The fourth-order valence-electron chi connectivity index (χ4n) is 1.29. The molecule has 1 aromatic carbocycles. The lowest BCUT2D eigenvalue weighted by atomic mass is 10.0. The largest absolute Gasteiger partial charge is 0.326 e. The van der Waals surface area contributed by atoms with Crippen LogP contribution in [0.4, 0.5) is 0 Å². The van der Waals surface area contributed by atoms with Gasteiger partial charge in [-0.15, -0.1) is 0 Å². The smallest absolute Gasteiger partial charge is 0.0595 e. The van der Waals surface area contributed by atoms with E-state index in [2.05, 4.69) is 5.32 Å². The van der Waals surface area contributed by atoms with Crippen molar-refractivity contribution in [2.75, 3.05) is 6.54 Å². The highest BCUT2D eigenvalue weighted by molar-refractivity contribution is 6.42. The van der Waals surface area contributed by atoms with Crippen LogP contribution in [0.2, 0.25) is 10.0 Å². The summed E-state index contributed by atoms with van der Waals surface area (Å²) in [5, 5.41) is 4.51. The van der Waals surface area contributed by atoms with Gasteiger partial charge >= 0.3 is 0 Å². The molecule has 0 aromatic heterocycles. The van der Waals surface area contributed by atoms with Gasteiger partial charge in [-0.25, -0.2) is 0 Å². The summed E-state index contributed by atoms with van der Waals surface area (Å²) in [5.74, 6) is 0. The molecule has 1 rings (SSSR count). The number of nitrogens with one attached hydrogen (secondary N) is 1. The molecule has 0 amide bonds. The third kappa shape index (κ3) is 5.17. The van der Waals surface area contributed by atoms with Crippen LogP contribution in [-0.4, -0.2) is 12.1 Å². The minimum atomic E-state index is -0.120. The maximum absolute atomic E-state index is 5.92. The Kier molecular flexibility index (Phi) is 5.06. The highest BCUT2D eigenvalue weighted by Gasteiger charge is 2.09. The van der Waals surface area contributed by atoms with Crippen molar-refractivity contribution in [3.63, 3.8) is 0 Å². The Balaban J connectivity index is 2.35. The Hall–Kier alpha value is -0.280. The second-order valence-electron chi connectivity index (χ2n) is 4.66. The summed E-state index contributed by atoms with van der Waals surface area (Å²) >= 11 is 11.8. The highest BCUT2D eigenvalue weighted by Crippen LogP contribution is 2.22. The fraction of sp³-hybridized carbons (Fsp3) is 0.500. The lowest BCUT2D eigenvalue weighted by Gasteiger charge is -2.18. The van der Waals surface area contributed by atoms with E-state index in [1.165, 1.54) is 0 Å². The zero-order valence-corrected chi connectivity index (χ0v) is 11.2. The minimum absolute atomic E-state index is 0.120. The predicted octanol–water partition coefficient (Wildman–Crippen LogP) is 3.21. The first-order valence-electron chi connectivity index (χ1n) is 5.32. The fourth-order valence-corrected chi connectivity index (χ4v) is 1.61. The van der Waals surface area contributed by atoms with Crippen LogP contribution in [0.5, 0.6) is 0 Å². The van der Waals surface area contributed by atoms with Crippen molar-refractivity contribution in [3.05, 3.63) is 33.8 Å². The monoisotopic (exact) mass is 260 g/mol. The minimum Gasteiger partial charge on any atom is -0.326 e. The quantitative estimate of drug-likeness (QED) is 0.799. The molecule has 0 aliphatic rings. The lowest BCUT2D eigenvalue weighted by Crippen LogP contribution is -2.35. The van der Waals surface area contributed by atoms with Crippen LogP contribution in [0.15, 0.2) is 18.2 Å². The maximum Gasteiger partial charge on any atom is 0.0595 e. The number of hydrogen-bond donors (Lipinski definition) is 2. The molecule has 0 bridgehead atoms. The van der Waals surface area contributed by atoms with Gasteiger partial charge in [0.2, 0.25) is 0 Å². The van der Waals surface area contributed by atoms with Gasteiger partial charge in [0.15, 0.2) is 0 Å². The van der Waals surface area contributed by atoms with Gasteiger partial charge in [-0.05, 0) is 44.5 Å². The van der Waals surface area contributed by atoms with Crippen LogP contribution in [-0.2, 0) is 6.54 Å². The number of benzene rings is 1. The molecule has 2 nitrogen and oxygen atoms in total. The molecule has 4 heteroatoms. The van der Waals surface area contributed by atoms with Gasteiger partial charge < -0.3 is 11.1 Å². The van der Waals surface area contributed by atoms with Gasteiger partial charge in [-0.1, -0.05) is 29.3 Å². The second-order valence-corrected chi connectivity index (χ2v) is 5.48. The van der Waals surface area contributed by atoms with E-state index in [0.717, 1.165) is 25.1 Å². The molecule has 0 unspecified atom stereocenters. The first-order chi connectivity index (χ1) is 7.38. The van der Waals surface area contributed by atoms with E-state index >= 15 is 0 Å². The first kappa shape index (κ1) is 13.8. The maximum atomic E-state index is 5.92. The molecular weight excluding hydrogens is 243 g/mol. The predicted molar refractivity (Wildman–Crippen MR) is 71.1 cm³/mol. The van der Waals surface area contributed by atoms with E-state index in [4.69, 9.17) is 28.9 Å². The molecule has 16 heavy (non-hydrogen) atoms. The normalized spacial score (nSPS) is 11.8. The van der Waals surface area contributed by atoms with Crippen molar-refractivity contribution in [3.8, 4) is 0 Å². The third-order valence-electron chi connectivity index (χ3n) is 2.26.